The average molecular weight is 179 g/mol. The molecule has 0 saturated carbocycles. The molecule has 0 aliphatic rings. The Hall–Kier alpha value is -0.700. The van der Waals surface area contributed by atoms with E-state index in [0.29, 0.717) is 6.42 Å². The second kappa shape index (κ2) is 5.02. The van der Waals surface area contributed by atoms with E-state index in [2.05, 4.69) is 4.29 Å². The zero-order chi connectivity index (χ0) is 8.85. The summed E-state index contributed by atoms with van der Waals surface area (Å²) in [7, 11) is 0. The molecule has 3 nitrogen and oxygen atoms in total. The Labute approximate surface area is 70.8 Å². The summed E-state index contributed by atoms with van der Waals surface area (Å²) in [5.74, 6) is -0.657. The first-order valence-corrected chi connectivity index (χ1v) is 3.66. The number of rotatable bonds is 3. The van der Waals surface area contributed by atoms with E-state index in [-0.39, 0.29) is 11.3 Å². The van der Waals surface area contributed by atoms with Gasteiger partial charge in [0.15, 0.2) is 0 Å². The normalized spacial score (nSPS) is 12.3. The third-order valence-electron chi connectivity index (χ3n) is 1.30. The zero-order valence-corrected chi connectivity index (χ0v) is 7.31. The third kappa shape index (κ3) is 3.28. The monoisotopic (exact) mass is 178 g/mol. The van der Waals surface area contributed by atoms with Gasteiger partial charge in [-0.2, -0.15) is 0 Å². The average Bonchev–Trinajstić information content (AvgIpc) is 2.02. The summed E-state index contributed by atoms with van der Waals surface area (Å²) in [5, 5.41) is 9.14. The van der Waals surface area contributed by atoms with Gasteiger partial charge in [0, 0.05) is 6.42 Å². The van der Waals surface area contributed by atoms with Gasteiger partial charge < -0.3 is 9.40 Å². The molecule has 0 bridgehead atoms. The first kappa shape index (κ1) is 10.3. The highest BCUT2D eigenvalue weighted by Crippen LogP contribution is 2.09. The van der Waals surface area contributed by atoms with Gasteiger partial charge in [-0.1, -0.05) is 6.92 Å². The van der Waals surface area contributed by atoms with Gasteiger partial charge in [-0.3, -0.25) is 0 Å². The van der Waals surface area contributed by atoms with E-state index in [1.807, 2.05) is 6.92 Å². The van der Waals surface area contributed by atoms with Gasteiger partial charge in [0.1, 0.15) is 17.6 Å². The lowest BCUT2D eigenvalue weighted by molar-refractivity contribution is -0.129. The minimum atomic E-state index is -0.697. The molecule has 0 radical (unpaired) electrons. The lowest BCUT2D eigenvalue weighted by atomic mass is 10.2. The van der Waals surface area contributed by atoms with Crippen LogP contribution in [0.2, 0.25) is 0 Å². The van der Waals surface area contributed by atoms with Gasteiger partial charge in [-0.25, -0.2) is 4.79 Å². The predicted octanol–water partition coefficient (Wildman–Crippen LogP) is 2.32. The molecule has 0 aromatic rings. The van der Waals surface area contributed by atoms with Gasteiger partial charge in [-0.15, -0.1) is 0 Å². The van der Waals surface area contributed by atoms with Crippen LogP contribution in [-0.2, 0) is 9.08 Å². The van der Waals surface area contributed by atoms with E-state index >= 15 is 0 Å². The molecule has 0 fully saturated rings. The summed E-state index contributed by atoms with van der Waals surface area (Å²) in [6.45, 7) is 3.37. The standard InChI is InChI=1S/C7H11ClO3/c1-3-4-6(9)5(2)7(10)11-8/h9H,3-4H2,1-2H3. The Morgan fingerprint density at radius 3 is 2.55 bits per heavy atom. The molecule has 1 N–H and O–H groups in total. The van der Waals surface area contributed by atoms with Crippen molar-refractivity contribution >= 4 is 17.8 Å². The highest BCUT2D eigenvalue weighted by atomic mass is 35.5. The number of hydrogen-bond acceptors (Lipinski definition) is 3. The van der Waals surface area contributed by atoms with Crippen LogP contribution in [-0.4, -0.2) is 11.1 Å². The Morgan fingerprint density at radius 1 is 1.64 bits per heavy atom. The highest BCUT2D eigenvalue weighted by Gasteiger charge is 2.09. The van der Waals surface area contributed by atoms with Crippen molar-refractivity contribution < 1.29 is 14.2 Å². The largest absolute Gasteiger partial charge is 0.512 e. The molecule has 0 atom stereocenters. The SMILES string of the molecule is CCCC(O)=C(C)C(=O)OCl. The number of aliphatic hydroxyl groups excluding tert-OH is 1. The van der Waals surface area contributed by atoms with Crippen molar-refractivity contribution in [1.29, 1.82) is 0 Å². The number of aliphatic hydroxyl groups is 1. The highest BCUT2D eigenvalue weighted by molar-refractivity contribution is 6.15. The zero-order valence-electron chi connectivity index (χ0n) is 6.56. The fourth-order valence-electron chi connectivity index (χ4n) is 0.600. The Kier molecular flexibility index (Phi) is 4.70. The van der Waals surface area contributed by atoms with E-state index in [4.69, 9.17) is 17.0 Å². The van der Waals surface area contributed by atoms with Crippen LogP contribution in [0.3, 0.4) is 0 Å². The first-order valence-electron chi connectivity index (χ1n) is 3.35. The summed E-state index contributed by atoms with van der Waals surface area (Å²) in [6, 6.07) is 0. The van der Waals surface area contributed by atoms with Crippen molar-refractivity contribution in [3.05, 3.63) is 11.3 Å². The molecular formula is C7H11ClO3. The summed E-state index contributed by atoms with van der Waals surface area (Å²) >= 11 is 4.80. The quantitative estimate of drug-likeness (QED) is 0.533. The number of carbonyl (C=O) groups excluding carboxylic acids is 1. The summed E-state index contributed by atoms with van der Waals surface area (Å²) in [4.78, 5) is 10.7. The van der Waals surface area contributed by atoms with E-state index in [1.54, 1.807) is 0 Å². The fourth-order valence-corrected chi connectivity index (χ4v) is 0.716. The van der Waals surface area contributed by atoms with Crippen molar-refractivity contribution in [2.75, 3.05) is 0 Å². The maximum atomic E-state index is 10.7. The second-order valence-electron chi connectivity index (χ2n) is 2.19. The van der Waals surface area contributed by atoms with Gasteiger partial charge >= 0.3 is 5.97 Å². The van der Waals surface area contributed by atoms with Crippen LogP contribution in [0, 0.1) is 0 Å². The van der Waals surface area contributed by atoms with E-state index in [9.17, 15) is 4.79 Å². The van der Waals surface area contributed by atoms with Gasteiger partial charge in [0.05, 0.1) is 5.57 Å². The van der Waals surface area contributed by atoms with Gasteiger partial charge in [0.25, 0.3) is 0 Å². The number of allylic oxidation sites excluding steroid dienone is 1. The van der Waals surface area contributed by atoms with Gasteiger partial charge in [0.2, 0.25) is 0 Å². The van der Waals surface area contributed by atoms with E-state index < -0.39 is 5.97 Å². The number of carbonyl (C=O) groups is 1. The molecule has 11 heavy (non-hydrogen) atoms. The molecule has 0 aromatic carbocycles. The molecule has 0 rings (SSSR count). The molecule has 4 heteroatoms. The maximum Gasteiger partial charge on any atom is 0.355 e. The Balaban J connectivity index is 4.26. The van der Waals surface area contributed by atoms with E-state index in [1.165, 1.54) is 6.92 Å². The van der Waals surface area contributed by atoms with Crippen molar-refractivity contribution in [2.24, 2.45) is 0 Å². The molecule has 64 valence electrons. The van der Waals surface area contributed by atoms with Gasteiger partial charge in [-0.05, 0) is 13.3 Å². The summed E-state index contributed by atoms with van der Waals surface area (Å²) in [6.07, 6.45) is 1.25. The molecule has 0 spiro atoms. The Bertz CT molecular complexity index is 175. The van der Waals surface area contributed by atoms with E-state index in [0.717, 1.165) is 6.42 Å². The smallest absolute Gasteiger partial charge is 0.355 e. The van der Waals surface area contributed by atoms with Crippen LogP contribution < -0.4 is 0 Å². The van der Waals surface area contributed by atoms with Crippen LogP contribution in [0.4, 0.5) is 0 Å². The fraction of sp³-hybridized carbons (Fsp3) is 0.571. The van der Waals surface area contributed by atoms with Crippen LogP contribution in [0.1, 0.15) is 26.7 Å². The van der Waals surface area contributed by atoms with Crippen molar-refractivity contribution in [1.82, 2.24) is 0 Å². The molecule has 0 aliphatic carbocycles. The first-order chi connectivity index (χ1) is 5.13. The van der Waals surface area contributed by atoms with Crippen LogP contribution >= 0.6 is 11.9 Å². The summed E-state index contributed by atoms with van der Waals surface area (Å²) in [5.41, 5.74) is 0.168. The molecule has 0 aromatic heterocycles. The maximum absolute atomic E-state index is 10.7. The molecule has 0 heterocycles. The topological polar surface area (TPSA) is 46.5 Å². The van der Waals surface area contributed by atoms with Crippen molar-refractivity contribution in [3.8, 4) is 0 Å². The van der Waals surface area contributed by atoms with Crippen LogP contribution in [0.25, 0.3) is 0 Å². The molecular weight excluding hydrogens is 168 g/mol. The minimum Gasteiger partial charge on any atom is -0.512 e. The molecule has 0 amide bonds. The minimum absolute atomic E-state index is 0.0400. The number of hydrogen-bond donors (Lipinski definition) is 1. The van der Waals surface area contributed by atoms with Crippen LogP contribution in [0.5, 0.6) is 0 Å². The molecule has 0 unspecified atom stereocenters. The molecule has 0 aliphatic heterocycles. The van der Waals surface area contributed by atoms with Crippen molar-refractivity contribution in [3.63, 3.8) is 0 Å². The second-order valence-corrected chi connectivity index (χ2v) is 2.34. The summed E-state index contributed by atoms with van der Waals surface area (Å²) < 4.78 is 3.89. The lowest BCUT2D eigenvalue weighted by Crippen LogP contribution is -2.02. The van der Waals surface area contributed by atoms with Crippen LogP contribution in [0.15, 0.2) is 11.3 Å². The molecule has 0 saturated heterocycles. The van der Waals surface area contributed by atoms with Crippen molar-refractivity contribution in [2.45, 2.75) is 26.7 Å². The predicted molar refractivity (Wildman–Crippen MR) is 42.2 cm³/mol. The lowest BCUT2D eigenvalue weighted by Gasteiger charge is -2.00. The third-order valence-corrected chi connectivity index (χ3v) is 1.44. The Morgan fingerprint density at radius 2 is 2.18 bits per heavy atom. The number of halogens is 1.